The highest BCUT2D eigenvalue weighted by atomic mass is 79.9. The van der Waals surface area contributed by atoms with Gasteiger partial charge >= 0.3 is 6.18 Å². The largest absolute Gasteiger partial charge is 0.416 e. The van der Waals surface area contributed by atoms with Crippen LogP contribution in [-0.2, 0) is 12.7 Å². The van der Waals surface area contributed by atoms with Crippen LogP contribution < -0.4 is 5.32 Å². The molecule has 0 unspecified atom stereocenters. The summed E-state index contributed by atoms with van der Waals surface area (Å²) in [5, 5.41) is 3.12. The second kappa shape index (κ2) is 5.83. The molecule has 0 aliphatic carbocycles. The average Bonchev–Trinajstić information content (AvgIpc) is 2.40. The molecule has 0 aliphatic heterocycles. The van der Waals surface area contributed by atoms with Crippen molar-refractivity contribution in [2.75, 3.05) is 5.32 Å². The molecule has 0 fully saturated rings. The molecule has 1 aromatic heterocycles. The standard InChI is InChI=1S/C14H12BrF3N2/c1-9-6-12(8-20-13(9)15)19-7-10-2-4-11(5-3-10)14(16,17)18/h2-6,8,19H,7H2,1H3. The summed E-state index contributed by atoms with van der Waals surface area (Å²) in [6, 6.07) is 7.02. The zero-order valence-electron chi connectivity index (χ0n) is 10.6. The van der Waals surface area contributed by atoms with Crippen LogP contribution in [0.5, 0.6) is 0 Å². The second-order valence-corrected chi connectivity index (χ2v) is 5.13. The van der Waals surface area contributed by atoms with Crippen molar-refractivity contribution in [2.45, 2.75) is 19.6 Å². The van der Waals surface area contributed by atoms with Crippen LogP contribution in [0.25, 0.3) is 0 Å². The van der Waals surface area contributed by atoms with E-state index in [2.05, 4.69) is 26.2 Å². The molecule has 0 radical (unpaired) electrons. The van der Waals surface area contributed by atoms with E-state index in [4.69, 9.17) is 0 Å². The number of pyridine rings is 1. The Morgan fingerprint density at radius 2 is 1.85 bits per heavy atom. The van der Waals surface area contributed by atoms with Crippen LogP contribution >= 0.6 is 15.9 Å². The number of halogens is 4. The van der Waals surface area contributed by atoms with Gasteiger partial charge in [-0.25, -0.2) is 4.98 Å². The number of hydrogen-bond acceptors (Lipinski definition) is 2. The van der Waals surface area contributed by atoms with Crippen LogP contribution in [0.2, 0.25) is 0 Å². The average molecular weight is 345 g/mol. The van der Waals surface area contributed by atoms with Crippen LogP contribution in [0.4, 0.5) is 18.9 Å². The lowest BCUT2D eigenvalue weighted by Crippen LogP contribution is -2.05. The summed E-state index contributed by atoms with van der Waals surface area (Å²) < 4.78 is 38.0. The van der Waals surface area contributed by atoms with Crippen molar-refractivity contribution in [3.05, 3.63) is 57.8 Å². The van der Waals surface area contributed by atoms with Crippen LogP contribution in [-0.4, -0.2) is 4.98 Å². The minimum atomic E-state index is -4.29. The molecule has 6 heteroatoms. The highest BCUT2D eigenvalue weighted by Gasteiger charge is 2.29. The molecule has 2 nitrogen and oxygen atoms in total. The van der Waals surface area contributed by atoms with E-state index in [1.165, 1.54) is 12.1 Å². The minimum Gasteiger partial charge on any atom is -0.380 e. The van der Waals surface area contributed by atoms with Gasteiger partial charge in [-0.2, -0.15) is 13.2 Å². The summed E-state index contributed by atoms with van der Waals surface area (Å²) in [7, 11) is 0. The maximum absolute atomic E-state index is 12.4. The number of rotatable bonds is 3. The highest BCUT2D eigenvalue weighted by Crippen LogP contribution is 2.29. The lowest BCUT2D eigenvalue weighted by Gasteiger charge is -2.10. The van der Waals surface area contributed by atoms with Gasteiger partial charge in [0, 0.05) is 6.54 Å². The third-order valence-corrected chi connectivity index (χ3v) is 3.62. The van der Waals surface area contributed by atoms with Gasteiger partial charge in [0.25, 0.3) is 0 Å². The third kappa shape index (κ3) is 3.72. The fraction of sp³-hybridized carbons (Fsp3) is 0.214. The molecule has 20 heavy (non-hydrogen) atoms. The van der Waals surface area contributed by atoms with Gasteiger partial charge in [-0.1, -0.05) is 12.1 Å². The smallest absolute Gasteiger partial charge is 0.380 e. The molecule has 1 heterocycles. The Kier molecular flexibility index (Phi) is 4.32. The Hall–Kier alpha value is -1.56. The molecule has 0 aliphatic rings. The Morgan fingerprint density at radius 3 is 2.40 bits per heavy atom. The van der Waals surface area contributed by atoms with Gasteiger partial charge in [0.2, 0.25) is 0 Å². The molecule has 0 amide bonds. The van der Waals surface area contributed by atoms with Crippen molar-refractivity contribution >= 4 is 21.6 Å². The van der Waals surface area contributed by atoms with E-state index in [0.717, 1.165) is 33.6 Å². The third-order valence-electron chi connectivity index (χ3n) is 2.79. The predicted octanol–water partition coefficient (Wildman–Crippen LogP) is 4.78. The summed E-state index contributed by atoms with van der Waals surface area (Å²) >= 11 is 3.31. The molecule has 0 saturated carbocycles. The molecule has 0 bridgehead atoms. The van der Waals surface area contributed by atoms with E-state index in [9.17, 15) is 13.2 Å². The SMILES string of the molecule is Cc1cc(NCc2ccc(C(F)(F)F)cc2)cnc1Br. The molecule has 2 rings (SSSR count). The summed E-state index contributed by atoms with van der Waals surface area (Å²) in [6.45, 7) is 2.36. The van der Waals surface area contributed by atoms with Crippen LogP contribution in [0.3, 0.4) is 0 Å². The number of aromatic nitrogens is 1. The van der Waals surface area contributed by atoms with E-state index >= 15 is 0 Å². The Bertz CT molecular complexity index is 594. The maximum atomic E-state index is 12.4. The summed E-state index contributed by atoms with van der Waals surface area (Å²) in [5.41, 5.74) is 1.95. The van der Waals surface area contributed by atoms with E-state index in [-0.39, 0.29) is 0 Å². The molecule has 106 valence electrons. The van der Waals surface area contributed by atoms with E-state index < -0.39 is 11.7 Å². The maximum Gasteiger partial charge on any atom is 0.416 e. The first-order valence-corrected chi connectivity index (χ1v) is 6.68. The second-order valence-electron chi connectivity index (χ2n) is 4.38. The van der Waals surface area contributed by atoms with E-state index in [1.54, 1.807) is 6.20 Å². The number of alkyl halides is 3. The van der Waals surface area contributed by atoms with Gasteiger partial charge in [0.15, 0.2) is 0 Å². The van der Waals surface area contributed by atoms with Crippen molar-refractivity contribution in [1.82, 2.24) is 4.98 Å². The first kappa shape index (κ1) is 14.8. The summed E-state index contributed by atoms with van der Waals surface area (Å²) in [4.78, 5) is 4.14. The van der Waals surface area contributed by atoms with Gasteiger partial charge in [-0.15, -0.1) is 0 Å². The zero-order valence-corrected chi connectivity index (χ0v) is 12.2. The lowest BCUT2D eigenvalue weighted by molar-refractivity contribution is -0.137. The topological polar surface area (TPSA) is 24.9 Å². The monoisotopic (exact) mass is 344 g/mol. The molecule has 1 aromatic carbocycles. The lowest BCUT2D eigenvalue weighted by atomic mass is 10.1. The normalized spacial score (nSPS) is 11.4. The first-order chi connectivity index (χ1) is 9.36. The van der Waals surface area contributed by atoms with Crippen LogP contribution in [0.15, 0.2) is 41.1 Å². The zero-order chi connectivity index (χ0) is 14.8. The molecule has 0 saturated heterocycles. The van der Waals surface area contributed by atoms with Crippen molar-refractivity contribution in [2.24, 2.45) is 0 Å². The van der Waals surface area contributed by atoms with Gasteiger partial charge in [-0.3, -0.25) is 0 Å². The molecular weight excluding hydrogens is 333 g/mol. The van der Waals surface area contributed by atoms with E-state index in [0.29, 0.717) is 6.54 Å². The highest BCUT2D eigenvalue weighted by molar-refractivity contribution is 9.10. The number of anilines is 1. The summed E-state index contributed by atoms with van der Waals surface area (Å²) in [5.74, 6) is 0. The van der Waals surface area contributed by atoms with Gasteiger partial charge in [0.05, 0.1) is 17.4 Å². The molecular formula is C14H12BrF3N2. The van der Waals surface area contributed by atoms with Crippen molar-refractivity contribution in [3.8, 4) is 0 Å². The van der Waals surface area contributed by atoms with Gasteiger partial charge in [0.1, 0.15) is 4.60 Å². The van der Waals surface area contributed by atoms with Gasteiger partial charge in [-0.05, 0) is 52.2 Å². The fourth-order valence-electron chi connectivity index (χ4n) is 1.67. The van der Waals surface area contributed by atoms with E-state index in [1.807, 2.05) is 13.0 Å². The molecule has 1 N–H and O–H groups in total. The van der Waals surface area contributed by atoms with Crippen molar-refractivity contribution in [3.63, 3.8) is 0 Å². The van der Waals surface area contributed by atoms with Crippen LogP contribution in [0, 0.1) is 6.92 Å². The minimum absolute atomic E-state index is 0.445. The number of hydrogen-bond donors (Lipinski definition) is 1. The van der Waals surface area contributed by atoms with Crippen molar-refractivity contribution in [1.29, 1.82) is 0 Å². The number of benzene rings is 1. The number of aryl methyl sites for hydroxylation is 1. The first-order valence-electron chi connectivity index (χ1n) is 5.88. The number of nitrogens with one attached hydrogen (secondary N) is 1. The fourth-order valence-corrected chi connectivity index (χ4v) is 1.89. The van der Waals surface area contributed by atoms with Gasteiger partial charge < -0.3 is 5.32 Å². The quantitative estimate of drug-likeness (QED) is 0.810. The summed E-state index contributed by atoms with van der Waals surface area (Å²) in [6.07, 6.45) is -2.63. The predicted molar refractivity (Wildman–Crippen MR) is 75.4 cm³/mol. The molecule has 0 spiro atoms. The van der Waals surface area contributed by atoms with Crippen LogP contribution in [0.1, 0.15) is 16.7 Å². The number of nitrogens with zero attached hydrogens (tertiary/aromatic N) is 1. The molecule has 2 aromatic rings. The Labute approximate surface area is 123 Å². The van der Waals surface area contributed by atoms with Crippen molar-refractivity contribution < 1.29 is 13.2 Å². The Morgan fingerprint density at radius 1 is 1.20 bits per heavy atom. The molecule has 0 atom stereocenters. The Balaban J connectivity index is 2.02.